The normalized spacial score (nSPS) is 14.7. The summed E-state index contributed by atoms with van der Waals surface area (Å²) < 4.78 is 12.9. The maximum atomic E-state index is 5.65. The minimum absolute atomic E-state index is 0.125. The Morgan fingerprint density at radius 2 is 2.03 bits per heavy atom. The fraction of sp³-hybridized carbons (Fsp3) is 0.333. The summed E-state index contributed by atoms with van der Waals surface area (Å²) in [6.45, 7) is 6.51. The van der Waals surface area contributed by atoms with E-state index in [1.165, 1.54) is 0 Å². The SMILES string of the molecule is COc1cc(-c2cnn(C)c2C)ccc1Nc1ncc2ccnc(NCC3(C)COC3)c2n1. The third-order valence-electron chi connectivity index (χ3n) is 6.08. The largest absolute Gasteiger partial charge is 0.495 e. The van der Waals surface area contributed by atoms with E-state index in [-0.39, 0.29) is 5.41 Å². The summed E-state index contributed by atoms with van der Waals surface area (Å²) in [5.41, 5.74) is 4.86. The van der Waals surface area contributed by atoms with Gasteiger partial charge in [-0.3, -0.25) is 4.68 Å². The number of pyridine rings is 1. The van der Waals surface area contributed by atoms with Crippen LogP contribution in [0.2, 0.25) is 0 Å². The van der Waals surface area contributed by atoms with E-state index < -0.39 is 0 Å². The Hall–Kier alpha value is -3.72. The molecular formula is C24H27N7O2. The first-order chi connectivity index (χ1) is 16.0. The molecule has 4 aromatic rings. The first kappa shape index (κ1) is 21.1. The van der Waals surface area contributed by atoms with Crippen LogP contribution in [0, 0.1) is 12.3 Å². The predicted molar refractivity (Wildman–Crippen MR) is 128 cm³/mol. The van der Waals surface area contributed by atoms with Crippen LogP contribution in [0.4, 0.5) is 17.5 Å². The molecule has 1 aliphatic heterocycles. The molecule has 1 fully saturated rings. The van der Waals surface area contributed by atoms with Crippen LogP contribution in [-0.4, -0.2) is 51.6 Å². The molecule has 0 saturated carbocycles. The zero-order valence-corrected chi connectivity index (χ0v) is 19.2. The molecule has 170 valence electrons. The second-order valence-corrected chi connectivity index (χ2v) is 8.76. The molecule has 33 heavy (non-hydrogen) atoms. The summed E-state index contributed by atoms with van der Waals surface area (Å²) in [4.78, 5) is 13.7. The lowest BCUT2D eigenvalue weighted by Gasteiger charge is -2.38. The summed E-state index contributed by atoms with van der Waals surface area (Å²) in [5.74, 6) is 1.91. The van der Waals surface area contributed by atoms with Gasteiger partial charge in [0.15, 0.2) is 5.82 Å². The lowest BCUT2D eigenvalue weighted by molar-refractivity contribution is -0.0924. The zero-order chi connectivity index (χ0) is 23.0. The van der Waals surface area contributed by atoms with Crippen molar-refractivity contribution in [3.05, 3.63) is 48.5 Å². The summed E-state index contributed by atoms with van der Waals surface area (Å²) >= 11 is 0. The van der Waals surface area contributed by atoms with Gasteiger partial charge < -0.3 is 20.1 Å². The minimum Gasteiger partial charge on any atom is -0.495 e. The number of aryl methyl sites for hydroxylation is 1. The van der Waals surface area contributed by atoms with Crippen LogP contribution < -0.4 is 15.4 Å². The second-order valence-electron chi connectivity index (χ2n) is 8.76. The van der Waals surface area contributed by atoms with Gasteiger partial charge in [-0.05, 0) is 30.7 Å². The number of nitrogens with zero attached hydrogens (tertiary/aromatic N) is 5. The van der Waals surface area contributed by atoms with Crippen molar-refractivity contribution in [2.45, 2.75) is 13.8 Å². The first-order valence-corrected chi connectivity index (χ1v) is 10.8. The Balaban J connectivity index is 1.42. The lowest BCUT2D eigenvalue weighted by Crippen LogP contribution is -2.45. The molecule has 0 spiro atoms. The van der Waals surface area contributed by atoms with Crippen LogP contribution in [0.15, 0.2) is 42.9 Å². The highest BCUT2D eigenvalue weighted by molar-refractivity contribution is 5.88. The number of anilines is 3. The molecule has 0 aliphatic carbocycles. The maximum absolute atomic E-state index is 5.65. The van der Waals surface area contributed by atoms with Gasteiger partial charge in [-0.15, -0.1) is 0 Å². The van der Waals surface area contributed by atoms with Gasteiger partial charge >= 0.3 is 0 Å². The van der Waals surface area contributed by atoms with E-state index in [1.807, 2.05) is 49.1 Å². The Kier molecular flexibility index (Phi) is 5.33. The zero-order valence-electron chi connectivity index (χ0n) is 19.2. The summed E-state index contributed by atoms with van der Waals surface area (Å²) in [6, 6.07) is 7.90. The van der Waals surface area contributed by atoms with E-state index >= 15 is 0 Å². The third kappa shape index (κ3) is 4.07. The third-order valence-corrected chi connectivity index (χ3v) is 6.08. The summed E-state index contributed by atoms with van der Waals surface area (Å²) in [6.07, 6.45) is 5.43. The van der Waals surface area contributed by atoms with Crippen LogP contribution in [0.3, 0.4) is 0 Å². The fourth-order valence-corrected chi connectivity index (χ4v) is 3.86. The van der Waals surface area contributed by atoms with E-state index in [9.17, 15) is 0 Å². The molecular weight excluding hydrogens is 418 g/mol. The van der Waals surface area contributed by atoms with Crippen LogP contribution in [0.5, 0.6) is 5.75 Å². The summed E-state index contributed by atoms with van der Waals surface area (Å²) in [5, 5.41) is 12.0. The minimum atomic E-state index is 0.125. The summed E-state index contributed by atoms with van der Waals surface area (Å²) in [7, 11) is 3.58. The molecule has 2 N–H and O–H groups in total. The van der Waals surface area contributed by atoms with Gasteiger partial charge in [0.2, 0.25) is 5.95 Å². The number of hydrogen-bond acceptors (Lipinski definition) is 8. The van der Waals surface area contributed by atoms with Gasteiger partial charge in [0.1, 0.15) is 11.3 Å². The highest BCUT2D eigenvalue weighted by Crippen LogP contribution is 2.34. The van der Waals surface area contributed by atoms with Crippen molar-refractivity contribution < 1.29 is 9.47 Å². The van der Waals surface area contributed by atoms with E-state index in [0.717, 1.165) is 59.0 Å². The average molecular weight is 446 g/mol. The van der Waals surface area contributed by atoms with Crippen molar-refractivity contribution in [2.24, 2.45) is 12.5 Å². The second kappa shape index (κ2) is 8.32. The molecule has 0 radical (unpaired) electrons. The van der Waals surface area contributed by atoms with Crippen LogP contribution in [0.25, 0.3) is 22.0 Å². The fourth-order valence-electron chi connectivity index (χ4n) is 3.86. The Labute approximate surface area is 192 Å². The van der Waals surface area contributed by atoms with E-state index in [1.54, 1.807) is 19.5 Å². The Morgan fingerprint density at radius 1 is 1.18 bits per heavy atom. The van der Waals surface area contributed by atoms with Gasteiger partial charge in [0, 0.05) is 48.0 Å². The smallest absolute Gasteiger partial charge is 0.227 e. The number of nitrogens with one attached hydrogen (secondary N) is 2. The molecule has 0 unspecified atom stereocenters. The van der Waals surface area contributed by atoms with Crippen LogP contribution in [-0.2, 0) is 11.8 Å². The molecule has 3 aromatic heterocycles. The number of fused-ring (bicyclic) bond motifs is 1. The van der Waals surface area contributed by atoms with Gasteiger partial charge in [-0.1, -0.05) is 13.0 Å². The van der Waals surface area contributed by atoms with Crippen molar-refractivity contribution in [2.75, 3.05) is 37.5 Å². The van der Waals surface area contributed by atoms with Crippen molar-refractivity contribution in [1.29, 1.82) is 0 Å². The maximum Gasteiger partial charge on any atom is 0.227 e. The lowest BCUT2D eigenvalue weighted by atomic mass is 9.89. The standard InChI is InChI=1S/C24H27N7O2/c1-15-18(11-28-31(15)3)16-5-6-19(20(9-16)32-4)29-23-26-10-17-7-8-25-22(21(17)30-23)27-12-24(2)13-33-14-24/h5-11H,12-14H2,1-4H3,(H,25,27)(H,26,29,30). The molecule has 0 atom stereocenters. The first-order valence-electron chi connectivity index (χ1n) is 10.8. The molecule has 4 heterocycles. The van der Waals surface area contributed by atoms with Crippen LogP contribution >= 0.6 is 0 Å². The molecule has 9 nitrogen and oxygen atoms in total. The topological polar surface area (TPSA) is 99.0 Å². The Morgan fingerprint density at radius 3 is 2.73 bits per heavy atom. The van der Waals surface area contributed by atoms with E-state index in [2.05, 4.69) is 32.6 Å². The number of ether oxygens (including phenoxy) is 2. The quantitative estimate of drug-likeness (QED) is 0.441. The van der Waals surface area contributed by atoms with Crippen LogP contribution in [0.1, 0.15) is 12.6 Å². The Bertz CT molecular complexity index is 1310. The molecule has 1 aromatic carbocycles. The number of benzene rings is 1. The average Bonchev–Trinajstić information content (AvgIpc) is 3.14. The van der Waals surface area contributed by atoms with Crippen molar-refractivity contribution >= 4 is 28.4 Å². The molecule has 9 heteroatoms. The predicted octanol–water partition coefficient (Wildman–Crippen LogP) is 3.93. The van der Waals surface area contributed by atoms with E-state index in [0.29, 0.717) is 11.7 Å². The number of methoxy groups -OCH3 is 1. The van der Waals surface area contributed by atoms with Crippen molar-refractivity contribution in [1.82, 2.24) is 24.7 Å². The molecule has 0 amide bonds. The van der Waals surface area contributed by atoms with E-state index in [4.69, 9.17) is 14.5 Å². The molecule has 1 saturated heterocycles. The highest BCUT2D eigenvalue weighted by Gasteiger charge is 2.33. The number of hydrogen-bond donors (Lipinski definition) is 2. The highest BCUT2D eigenvalue weighted by atomic mass is 16.5. The number of rotatable bonds is 7. The van der Waals surface area contributed by atoms with Crippen molar-refractivity contribution in [3.63, 3.8) is 0 Å². The van der Waals surface area contributed by atoms with Gasteiger partial charge in [-0.2, -0.15) is 5.10 Å². The molecule has 1 aliphatic rings. The van der Waals surface area contributed by atoms with Gasteiger partial charge in [-0.25, -0.2) is 15.0 Å². The molecule has 0 bridgehead atoms. The number of aromatic nitrogens is 5. The van der Waals surface area contributed by atoms with Crippen molar-refractivity contribution in [3.8, 4) is 16.9 Å². The molecule has 5 rings (SSSR count). The van der Waals surface area contributed by atoms with Gasteiger partial charge in [0.25, 0.3) is 0 Å². The van der Waals surface area contributed by atoms with Gasteiger partial charge in [0.05, 0.1) is 32.2 Å². The monoisotopic (exact) mass is 445 g/mol.